The molecule has 1 aliphatic heterocycles. The van der Waals surface area contributed by atoms with Gasteiger partial charge in [-0.15, -0.1) is 0 Å². The van der Waals surface area contributed by atoms with E-state index < -0.39 is 0 Å². The average molecular weight is 198 g/mol. The molecule has 82 valence electrons. The highest BCUT2D eigenvalue weighted by molar-refractivity contribution is 5.76. The van der Waals surface area contributed by atoms with E-state index in [1.165, 1.54) is 19.3 Å². The predicted octanol–water partition coefficient (Wildman–Crippen LogP) is 1.24. The second-order valence-electron chi connectivity index (χ2n) is 4.18. The van der Waals surface area contributed by atoms with E-state index in [4.69, 9.17) is 0 Å². The summed E-state index contributed by atoms with van der Waals surface area (Å²) in [4.78, 5) is 13.5. The Labute approximate surface area is 86.9 Å². The molecule has 1 heterocycles. The highest BCUT2D eigenvalue weighted by Crippen LogP contribution is 2.15. The van der Waals surface area contributed by atoms with E-state index in [-0.39, 0.29) is 0 Å². The minimum Gasteiger partial charge on any atom is -0.346 e. The van der Waals surface area contributed by atoms with Gasteiger partial charge in [0.05, 0.1) is 0 Å². The topological polar surface area (TPSA) is 32.3 Å². The maximum absolute atomic E-state index is 11.7. The molecule has 0 bridgehead atoms. The minimum atomic E-state index is 0.293. The van der Waals surface area contributed by atoms with Crippen LogP contribution in [0.15, 0.2) is 0 Å². The third kappa shape index (κ3) is 3.66. The van der Waals surface area contributed by atoms with Crippen molar-refractivity contribution in [2.75, 3.05) is 26.7 Å². The molecule has 0 aromatic heterocycles. The third-order valence-corrected chi connectivity index (χ3v) is 3.01. The Morgan fingerprint density at radius 2 is 2.29 bits per heavy atom. The van der Waals surface area contributed by atoms with Crippen LogP contribution in [0.5, 0.6) is 0 Å². The minimum absolute atomic E-state index is 0.293. The quantitative estimate of drug-likeness (QED) is 0.740. The fourth-order valence-electron chi connectivity index (χ4n) is 1.84. The highest BCUT2D eigenvalue weighted by atomic mass is 16.2. The maximum Gasteiger partial charge on any atom is 0.222 e. The molecule has 0 radical (unpaired) electrons. The van der Waals surface area contributed by atoms with Gasteiger partial charge >= 0.3 is 0 Å². The van der Waals surface area contributed by atoms with Gasteiger partial charge < -0.3 is 10.2 Å². The van der Waals surface area contributed by atoms with Crippen LogP contribution in [0, 0.1) is 5.92 Å². The van der Waals surface area contributed by atoms with Crippen molar-refractivity contribution in [2.45, 2.75) is 32.6 Å². The molecule has 1 N–H and O–H groups in total. The van der Waals surface area contributed by atoms with Crippen molar-refractivity contribution >= 4 is 5.91 Å². The summed E-state index contributed by atoms with van der Waals surface area (Å²) < 4.78 is 0. The molecule has 0 aromatic carbocycles. The lowest BCUT2D eigenvalue weighted by Crippen LogP contribution is -2.30. The van der Waals surface area contributed by atoms with Crippen LogP contribution in [0.1, 0.15) is 32.6 Å². The lowest BCUT2D eigenvalue weighted by atomic mass is 9.99. The lowest BCUT2D eigenvalue weighted by Gasteiger charge is -2.19. The number of nitrogens with zero attached hydrogens (tertiary/aromatic N) is 1. The van der Waals surface area contributed by atoms with E-state index in [1.54, 1.807) is 0 Å². The van der Waals surface area contributed by atoms with E-state index in [2.05, 4.69) is 5.32 Å². The number of carbonyl (C=O) groups excluding carboxylic acids is 1. The lowest BCUT2D eigenvalue weighted by molar-refractivity contribution is -0.130. The van der Waals surface area contributed by atoms with E-state index in [0.717, 1.165) is 26.1 Å². The van der Waals surface area contributed by atoms with Gasteiger partial charge in [0.2, 0.25) is 5.91 Å². The molecule has 1 aliphatic rings. The highest BCUT2D eigenvalue weighted by Gasteiger charge is 2.17. The summed E-state index contributed by atoms with van der Waals surface area (Å²) in [6.07, 6.45) is 4.45. The summed E-state index contributed by atoms with van der Waals surface area (Å²) in [5, 5.41) is 3.39. The number of hydrogen-bond donors (Lipinski definition) is 1. The molecule has 1 atom stereocenters. The van der Waals surface area contributed by atoms with E-state index in [1.807, 2.05) is 18.9 Å². The van der Waals surface area contributed by atoms with Crippen LogP contribution in [0.4, 0.5) is 0 Å². The van der Waals surface area contributed by atoms with Crippen LogP contribution in [0.3, 0.4) is 0 Å². The zero-order chi connectivity index (χ0) is 10.4. The Hall–Kier alpha value is -0.570. The molecule has 0 aromatic rings. The van der Waals surface area contributed by atoms with Crippen molar-refractivity contribution in [3.63, 3.8) is 0 Å². The summed E-state index contributed by atoms with van der Waals surface area (Å²) >= 11 is 0. The van der Waals surface area contributed by atoms with Gasteiger partial charge in [0.15, 0.2) is 0 Å². The van der Waals surface area contributed by atoms with Crippen molar-refractivity contribution in [1.29, 1.82) is 0 Å². The SMILES string of the molecule is CCN(C)C(=O)CC1CCCCNC1. The van der Waals surface area contributed by atoms with Gasteiger partial charge in [0.25, 0.3) is 0 Å². The second kappa shape index (κ2) is 6.02. The largest absolute Gasteiger partial charge is 0.346 e. The van der Waals surface area contributed by atoms with Crippen molar-refractivity contribution < 1.29 is 4.79 Å². The van der Waals surface area contributed by atoms with Gasteiger partial charge in [-0.25, -0.2) is 0 Å². The van der Waals surface area contributed by atoms with E-state index in [9.17, 15) is 4.79 Å². The van der Waals surface area contributed by atoms with Crippen LogP contribution in [-0.4, -0.2) is 37.5 Å². The van der Waals surface area contributed by atoms with Crippen molar-refractivity contribution in [3.8, 4) is 0 Å². The summed E-state index contributed by atoms with van der Waals surface area (Å²) in [6.45, 7) is 4.97. The summed E-state index contributed by atoms with van der Waals surface area (Å²) in [5.74, 6) is 0.847. The zero-order valence-corrected chi connectivity index (χ0v) is 9.38. The molecule has 3 nitrogen and oxygen atoms in total. The first kappa shape index (κ1) is 11.5. The predicted molar refractivity (Wildman–Crippen MR) is 58.1 cm³/mol. The first-order valence-electron chi connectivity index (χ1n) is 5.68. The zero-order valence-electron chi connectivity index (χ0n) is 9.38. The monoisotopic (exact) mass is 198 g/mol. The van der Waals surface area contributed by atoms with Crippen LogP contribution >= 0.6 is 0 Å². The normalized spacial score (nSPS) is 22.9. The molecule has 1 amide bonds. The Morgan fingerprint density at radius 3 is 3.00 bits per heavy atom. The number of nitrogens with one attached hydrogen (secondary N) is 1. The molecule has 1 rings (SSSR count). The van der Waals surface area contributed by atoms with Crippen LogP contribution < -0.4 is 5.32 Å². The fourth-order valence-corrected chi connectivity index (χ4v) is 1.84. The Morgan fingerprint density at radius 1 is 1.50 bits per heavy atom. The Balaban J connectivity index is 2.30. The Kier molecular flexibility index (Phi) is 4.94. The molecule has 3 heteroatoms. The summed E-state index contributed by atoms with van der Waals surface area (Å²) in [7, 11) is 1.88. The molecule has 0 spiro atoms. The smallest absolute Gasteiger partial charge is 0.222 e. The van der Waals surface area contributed by atoms with Gasteiger partial charge in [0, 0.05) is 20.0 Å². The number of carbonyl (C=O) groups is 1. The van der Waals surface area contributed by atoms with Gasteiger partial charge in [0.1, 0.15) is 0 Å². The molecule has 1 saturated heterocycles. The van der Waals surface area contributed by atoms with Crippen molar-refractivity contribution in [1.82, 2.24) is 10.2 Å². The standard InChI is InChI=1S/C11H22N2O/c1-3-13(2)11(14)8-10-6-4-5-7-12-9-10/h10,12H,3-9H2,1-2H3. The number of hydrogen-bond acceptors (Lipinski definition) is 2. The molecular weight excluding hydrogens is 176 g/mol. The second-order valence-corrected chi connectivity index (χ2v) is 4.18. The van der Waals surface area contributed by atoms with E-state index >= 15 is 0 Å². The molecule has 1 fully saturated rings. The third-order valence-electron chi connectivity index (χ3n) is 3.01. The van der Waals surface area contributed by atoms with Crippen molar-refractivity contribution in [2.24, 2.45) is 5.92 Å². The van der Waals surface area contributed by atoms with Crippen molar-refractivity contribution in [3.05, 3.63) is 0 Å². The molecule has 0 saturated carbocycles. The number of amides is 1. The first-order valence-corrected chi connectivity index (χ1v) is 5.68. The fraction of sp³-hybridized carbons (Fsp3) is 0.909. The van der Waals surface area contributed by atoms with Crippen LogP contribution in [0.25, 0.3) is 0 Å². The molecule has 14 heavy (non-hydrogen) atoms. The van der Waals surface area contributed by atoms with Crippen LogP contribution in [-0.2, 0) is 4.79 Å². The maximum atomic E-state index is 11.7. The first-order chi connectivity index (χ1) is 6.74. The number of rotatable bonds is 3. The summed E-state index contributed by atoms with van der Waals surface area (Å²) in [6, 6.07) is 0. The van der Waals surface area contributed by atoms with Gasteiger partial charge in [-0.3, -0.25) is 4.79 Å². The average Bonchev–Trinajstić information content (AvgIpc) is 2.45. The molecule has 1 unspecified atom stereocenters. The van der Waals surface area contributed by atoms with E-state index in [0.29, 0.717) is 11.8 Å². The van der Waals surface area contributed by atoms with Gasteiger partial charge in [-0.1, -0.05) is 6.42 Å². The summed E-state index contributed by atoms with van der Waals surface area (Å²) in [5.41, 5.74) is 0. The van der Waals surface area contributed by atoms with Crippen LogP contribution in [0.2, 0.25) is 0 Å². The molecule has 0 aliphatic carbocycles. The molecular formula is C11H22N2O. The Bertz CT molecular complexity index is 174. The van der Waals surface area contributed by atoms with Gasteiger partial charge in [-0.05, 0) is 38.8 Å². The van der Waals surface area contributed by atoms with Gasteiger partial charge in [-0.2, -0.15) is 0 Å².